The minimum atomic E-state index is -3.93. The van der Waals surface area contributed by atoms with Gasteiger partial charge < -0.3 is 9.64 Å². The number of halogens is 1. The van der Waals surface area contributed by atoms with Crippen molar-refractivity contribution in [2.24, 2.45) is 0 Å². The van der Waals surface area contributed by atoms with Crippen LogP contribution in [0.2, 0.25) is 0 Å². The van der Waals surface area contributed by atoms with Gasteiger partial charge in [-0.05, 0) is 35.9 Å². The fraction of sp³-hybridized carbons (Fsp3) is 0.263. The Morgan fingerprint density at radius 1 is 1.07 bits per heavy atom. The average Bonchev–Trinajstić information content (AvgIpc) is 2.71. The highest BCUT2D eigenvalue weighted by atomic mass is 32.2. The van der Waals surface area contributed by atoms with Crippen LogP contribution in [0.1, 0.15) is 15.9 Å². The maximum atomic E-state index is 13.2. The molecule has 0 atom stereocenters. The first-order chi connectivity index (χ1) is 13.6. The molecule has 0 saturated heterocycles. The molecule has 2 rings (SSSR count). The van der Waals surface area contributed by atoms with Gasteiger partial charge in [0.1, 0.15) is 5.82 Å². The molecule has 10 heteroatoms. The van der Waals surface area contributed by atoms with Crippen LogP contribution in [-0.2, 0) is 30.9 Å². The van der Waals surface area contributed by atoms with Gasteiger partial charge in [-0.25, -0.2) is 17.6 Å². The third-order valence-electron chi connectivity index (χ3n) is 4.02. The molecule has 2 aromatic rings. The number of esters is 1. The molecule has 0 spiro atoms. The second kappa shape index (κ2) is 9.59. The number of carbonyl (C=O) groups excluding carboxylic acids is 2. The molecule has 0 unspecified atom stereocenters. The smallest absolute Gasteiger partial charge is 0.338 e. The average molecular weight is 424 g/mol. The first-order valence-corrected chi connectivity index (χ1v) is 9.88. The minimum absolute atomic E-state index is 0.0313. The molecule has 0 aliphatic carbocycles. The van der Waals surface area contributed by atoms with Gasteiger partial charge in [0, 0.05) is 20.6 Å². The van der Waals surface area contributed by atoms with E-state index in [0.29, 0.717) is 10.0 Å². The van der Waals surface area contributed by atoms with E-state index in [-0.39, 0.29) is 17.0 Å². The zero-order valence-electron chi connectivity index (χ0n) is 16.2. The molecule has 0 heterocycles. The molecule has 0 fully saturated rings. The maximum absolute atomic E-state index is 13.2. The Kier molecular flexibility index (Phi) is 7.43. The van der Waals surface area contributed by atoms with Crippen LogP contribution in [0.3, 0.4) is 0 Å². The number of carbonyl (C=O) groups is 2. The highest BCUT2D eigenvalue weighted by molar-refractivity contribution is 7.89. The number of hydrogen-bond acceptors (Lipinski definition) is 6. The number of nitrogens with zero attached hydrogens (tertiary/aromatic N) is 2. The van der Waals surface area contributed by atoms with Gasteiger partial charge in [-0.2, -0.15) is 0 Å². The van der Waals surface area contributed by atoms with Gasteiger partial charge in [0.15, 0.2) is 6.61 Å². The normalized spacial score (nSPS) is 11.3. The monoisotopic (exact) mass is 424 g/mol. The number of benzene rings is 2. The number of hydroxylamine groups is 1. The Bertz CT molecular complexity index is 996. The Morgan fingerprint density at radius 2 is 1.76 bits per heavy atom. The van der Waals surface area contributed by atoms with E-state index in [4.69, 9.17) is 4.74 Å². The van der Waals surface area contributed by atoms with E-state index < -0.39 is 34.3 Å². The molecule has 0 aromatic heterocycles. The van der Waals surface area contributed by atoms with Crippen LogP contribution < -0.4 is 0 Å². The highest BCUT2D eigenvalue weighted by Gasteiger charge is 2.22. The molecule has 2 aromatic carbocycles. The topological polar surface area (TPSA) is 93.2 Å². The van der Waals surface area contributed by atoms with Crippen LogP contribution in [0.25, 0.3) is 0 Å². The van der Waals surface area contributed by atoms with Crippen LogP contribution in [-0.4, -0.2) is 57.5 Å². The lowest BCUT2D eigenvalue weighted by atomic mass is 10.2. The standard InChI is InChI=1S/C19H21FN2O6S/c1-21(12-14-6-4-8-16(20)10-14)18(23)13-28-19(24)15-7-5-9-17(11-15)29(25,26)22(2)27-3/h4-11H,12-13H2,1-3H3. The fourth-order valence-corrected chi connectivity index (χ4v) is 3.37. The quantitative estimate of drug-likeness (QED) is 0.474. The van der Waals surface area contributed by atoms with E-state index in [0.717, 1.165) is 6.07 Å². The molecule has 0 saturated carbocycles. The summed E-state index contributed by atoms with van der Waals surface area (Å²) in [6, 6.07) is 11.0. The van der Waals surface area contributed by atoms with Crippen molar-refractivity contribution in [2.45, 2.75) is 11.4 Å². The largest absolute Gasteiger partial charge is 0.452 e. The van der Waals surface area contributed by atoms with E-state index >= 15 is 0 Å². The van der Waals surface area contributed by atoms with E-state index in [2.05, 4.69) is 4.84 Å². The molecular weight excluding hydrogens is 403 g/mol. The summed E-state index contributed by atoms with van der Waals surface area (Å²) in [6.07, 6.45) is 0. The zero-order valence-corrected chi connectivity index (χ0v) is 17.0. The molecule has 0 aliphatic rings. The zero-order chi connectivity index (χ0) is 21.6. The van der Waals surface area contributed by atoms with Crippen LogP contribution in [0.15, 0.2) is 53.4 Å². The summed E-state index contributed by atoms with van der Waals surface area (Å²) in [5, 5.41) is 0. The highest BCUT2D eigenvalue weighted by Crippen LogP contribution is 2.16. The number of hydrogen-bond donors (Lipinski definition) is 0. The number of likely N-dealkylation sites (N-methyl/N-ethyl adjacent to an activating group) is 1. The molecule has 8 nitrogen and oxygen atoms in total. The van der Waals surface area contributed by atoms with Gasteiger partial charge in [-0.15, -0.1) is 0 Å². The molecule has 1 amide bonds. The van der Waals surface area contributed by atoms with Crippen molar-refractivity contribution in [3.05, 3.63) is 65.5 Å². The van der Waals surface area contributed by atoms with Crippen molar-refractivity contribution >= 4 is 21.9 Å². The third-order valence-corrected chi connectivity index (χ3v) is 5.70. The number of sulfonamides is 1. The molecular formula is C19H21FN2O6S. The van der Waals surface area contributed by atoms with Crippen molar-refractivity contribution in [3.63, 3.8) is 0 Å². The van der Waals surface area contributed by atoms with Gasteiger partial charge in [-0.1, -0.05) is 22.7 Å². The summed E-state index contributed by atoms with van der Waals surface area (Å²) >= 11 is 0. The second-order valence-electron chi connectivity index (χ2n) is 6.08. The third kappa shape index (κ3) is 5.83. The summed E-state index contributed by atoms with van der Waals surface area (Å²) < 4.78 is 43.4. The molecule has 0 N–H and O–H groups in total. The minimum Gasteiger partial charge on any atom is -0.452 e. The van der Waals surface area contributed by atoms with Crippen LogP contribution >= 0.6 is 0 Å². The van der Waals surface area contributed by atoms with Gasteiger partial charge in [0.25, 0.3) is 15.9 Å². The Labute approximate surface area is 168 Å². The Balaban J connectivity index is 2.00. The van der Waals surface area contributed by atoms with Gasteiger partial charge in [0.05, 0.1) is 17.6 Å². The maximum Gasteiger partial charge on any atom is 0.338 e. The first-order valence-electron chi connectivity index (χ1n) is 8.43. The summed E-state index contributed by atoms with van der Waals surface area (Å²) in [5.41, 5.74) is 0.559. The summed E-state index contributed by atoms with van der Waals surface area (Å²) in [5.74, 6) is -1.76. The van der Waals surface area contributed by atoms with Crippen molar-refractivity contribution < 1.29 is 32.0 Å². The van der Waals surface area contributed by atoms with Gasteiger partial charge in [-0.3, -0.25) is 9.63 Å². The SMILES string of the molecule is CON(C)S(=O)(=O)c1cccc(C(=O)OCC(=O)N(C)Cc2cccc(F)c2)c1. The summed E-state index contributed by atoms with van der Waals surface area (Å²) in [4.78, 5) is 30.2. The lowest BCUT2D eigenvalue weighted by molar-refractivity contribution is -0.133. The van der Waals surface area contributed by atoms with Crippen LogP contribution in [0, 0.1) is 5.82 Å². The first kappa shape index (κ1) is 22.5. The fourth-order valence-electron chi connectivity index (χ4n) is 2.35. The van der Waals surface area contributed by atoms with Crippen molar-refractivity contribution in [1.82, 2.24) is 9.37 Å². The van der Waals surface area contributed by atoms with E-state index in [1.54, 1.807) is 6.07 Å². The van der Waals surface area contributed by atoms with Crippen LogP contribution in [0.5, 0.6) is 0 Å². The molecule has 0 aliphatic heterocycles. The van der Waals surface area contributed by atoms with Gasteiger partial charge >= 0.3 is 5.97 Å². The summed E-state index contributed by atoms with van der Waals surface area (Å²) in [6.45, 7) is -0.398. The van der Waals surface area contributed by atoms with Crippen molar-refractivity contribution in [2.75, 3.05) is 27.8 Å². The Morgan fingerprint density at radius 3 is 2.41 bits per heavy atom. The Hall–Kier alpha value is -2.82. The van der Waals surface area contributed by atoms with E-state index in [1.807, 2.05) is 0 Å². The van der Waals surface area contributed by atoms with E-state index in [1.165, 1.54) is 62.5 Å². The number of ether oxygens (including phenoxy) is 1. The summed E-state index contributed by atoms with van der Waals surface area (Å²) in [7, 11) is -0.0237. The van der Waals surface area contributed by atoms with Gasteiger partial charge in [0.2, 0.25) is 0 Å². The molecule has 0 bridgehead atoms. The van der Waals surface area contributed by atoms with Crippen molar-refractivity contribution in [1.29, 1.82) is 0 Å². The molecule has 156 valence electrons. The molecule has 0 radical (unpaired) electrons. The predicted molar refractivity (Wildman–Crippen MR) is 102 cm³/mol. The number of amides is 1. The van der Waals surface area contributed by atoms with Crippen molar-refractivity contribution in [3.8, 4) is 0 Å². The van der Waals surface area contributed by atoms with Crippen LogP contribution in [0.4, 0.5) is 4.39 Å². The number of rotatable bonds is 8. The molecule has 29 heavy (non-hydrogen) atoms. The second-order valence-corrected chi connectivity index (χ2v) is 8.02. The lowest BCUT2D eigenvalue weighted by Gasteiger charge is -2.17. The predicted octanol–water partition coefficient (Wildman–Crippen LogP) is 1.82. The lowest BCUT2D eigenvalue weighted by Crippen LogP contribution is -2.31. The van der Waals surface area contributed by atoms with E-state index in [9.17, 15) is 22.4 Å².